The van der Waals surface area contributed by atoms with Gasteiger partial charge in [0.15, 0.2) is 24.0 Å². The van der Waals surface area contributed by atoms with Gasteiger partial charge in [0, 0.05) is 23.0 Å². The van der Waals surface area contributed by atoms with E-state index in [1.165, 1.54) is 6.08 Å². The molecule has 150 valence electrons. The fourth-order valence-corrected chi connectivity index (χ4v) is 2.89. The van der Waals surface area contributed by atoms with Crippen molar-refractivity contribution in [2.45, 2.75) is 20.4 Å². The number of ketones is 1. The number of furan rings is 1. The Morgan fingerprint density at radius 3 is 2.62 bits per heavy atom. The van der Waals surface area contributed by atoms with Gasteiger partial charge in [-0.1, -0.05) is 0 Å². The van der Waals surface area contributed by atoms with Gasteiger partial charge in [-0.2, -0.15) is 0 Å². The smallest absolute Gasteiger partial charge is 0.331 e. The molecule has 0 amide bonds. The van der Waals surface area contributed by atoms with Gasteiger partial charge >= 0.3 is 5.97 Å². The van der Waals surface area contributed by atoms with E-state index in [-0.39, 0.29) is 5.56 Å². The maximum Gasteiger partial charge on any atom is 0.331 e. The number of benzene rings is 1. The number of carbonyl (C=O) groups is 2. The molecule has 0 aliphatic rings. The lowest BCUT2D eigenvalue weighted by atomic mass is 10.1. The molecule has 2 aromatic heterocycles. The summed E-state index contributed by atoms with van der Waals surface area (Å²) in [5.74, 6) is -2.70. The van der Waals surface area contributed by atoms with Crippen LogP contribution in [0.3, 0.4) is 0 Å². The van der Waals surface area contributed by atoms with Gasteiger partial charge in [-0.15, -0.1) is 0 Å². The monoisotopic (exact) mass is 399 g/mol. The lowest BCUT2D eigenvalue weighted by Crippen LogP contribution is -2.13. The van der Waals surface area contributed by atoms with Gasteiger partial charge < -0.3 is 13.7 Å². The van der Waals surface area contributed by atoms with Crippen LogP contribution >= 0.6 is 0 Å². The van der Waals surface area contributed by atoms with E-state index < -0.39 is 30.0 Å². The summed E-state index contributed by atoms with van der Waals surface area (Å²) in [5, 5.41) is 0. The molecule has 1 aromatic carbocycles. The highest BCUT2D eigenvalue weighted by Crippen LogP contribution is 2.19. The van der Waals surface area contributed by atoms with Crippen LogP contribution in [0.5, 0.6) is 0 Å². The van der Waals surface area contributed by atoms with Gasteiger partial charge in [0.2, 0.25) is 0 Å². The number of aryl methyl sites for hydroxylation is 1. The molecule has 5 nitrogen and oxygen atoms in total. The fourth-order valence-electron chi connectivity index (χ4n) is 2.89. The molecule has 29 heavy (non-hydrogen) atoms. The van der Waals surface area contributed by atoms with Crippen molar-refractivity contribution in [3.63, 3.8) is 0 Å². The number of aromatic nitrogens is 1. The number of rotatable bonds is 7. The minimum atomic E-state index is -1.13. The summed E-state index contributed by atoms with van der Waals surface area (Å²) in [6.07, 6.45) is 4.44. The number of nitrogens with zero attached hydrogens (tertiary/aromatic N) is 1. The van der Waals surface area contributed by atoms with Gasteiger partial charge in [0.1, 0.15) is 5.76 Å². The average molecular weight is 399 g/mol. The molecule has 3 rings (SSSR count). The van der Waals surface area contributed by atoms with Crippen LogP contribution < -0.4 is 0 Å². The Labute approximate surface area is 166 Å². The second-order valence-corrected chi connectivity index (χ2v) is 6.49. The summed E-state index contributed by atoms with van der Waals surface area (Å²) in [7, 11) is 0. The van der Waals surface area contributed by atoms with Crippen LogP contribution in [-0.2, 0) is 16.1 Å². The van der Waals surface area contributed by atoms with Crippen molar-refractivity contribution in [2.24, 2.45) is 0 Å². The second-order valence-electron chi connectivity index (χ2n) is 6.49. The zero-order valence-corrected chi connectivity index (χ0v) is 15.9. The highest BCUT2D eigenvalue weighted by Gasteiger charge is 2.12. The molecule has 0 aliphatic carbocycles. The minimum Gasteiger partial charge on any atom is -0.467 e. The number of hydrogen-bond donors (Lipinski definition) is 0. The van der Waals surface area contributed by atoms with Crippen LogP contribution in [0.2, 0.25) is 0 Å². The Morgan fingerprint density at radius 2 is 1.93 bits per heavy atom. The van der Waals surface area contributed by atoms with Crippen LogP contribution in [0.4, 0.5) is 8.78 Å². The quantitative estimate of drug-likeness (QED) is 0.334. The third-order valence-electron chi connectivity index (χ3n) is 4.49. The van der Waals surface area contributed by atoms with Crippen molar-refractivity contribution in [3.05, 3.63) is 88.6 Å². The molecule has 0 spiro atoms. The third kappa shape index (κ3) is 4.87. The number of hydrogen-bond acceptors (Lipinski definition) is 4. The summed E-state index contributed by atoms with van der Waals surface area (Å²) in [6.45, 7) is 3.89. The third-order valence-corrected chi connectivity index (χ3v) is 4.49. The van der Waals surface area contributed by atoms with Crippen molar-refractivity contribution in [1.29, 1.82) is 0 Å². The molecule has 0 saturated heterocycles. The Hall–Kier alpha value is -3.48. The lowest BCUT2D eigenvalue weighted by Gasteiger charge is -2.07. The first-order valence-electron chi connectivity index (χ1n) is 8.87. The molecule has 0 atom stereocenters. The van der Waals surface area contributed by atoms with Gasteiger partial charge in [0.05, 0.1) is 12.8 Å². The van der Waals surface area contributed by atoms with Gasteiger partial charge in [0.25, 0.3) is 0 Å². The van der Waals surface area contributed by atoms with E-state index in [1.807, 2.05) is 32.0 Å². The largest absolute Gasteiger partial charge is 0.467 e. The summed E-state index contributed by atoms with van der Waals surface area (Å²) >= 11 is 0. The van der Waals surface area contributed by atoms with Crippen molar-refractivity contribution in [2.75, 3.05) is 6.61 Å². The van der Waals surface area contributed by atoms with E-state index in [1.54, 1.807) is 12.3 Å². The van der Waals surface area contributed by atoms with Crippen molar-refractivity contribution < 1.29 is 27.5 Å². The molecule has 7 heteroatoms. The van der Waals surface area contributed by atoms with Gasteiger partial charge in [-0.25, -0.2) is 13.6 Å². The standard InChI is InChI=1S/C22H19F2NO4/c1-14-10-16(15(2)25(14)12-18-4-3-9-28-18)6-8-22(27)29-13-21(26)17-5-7-19(23)20(24)11-17/h3-11H,12-13H2,1-2H3/b8-6+. The lowest BCUT2D eigenvalue weighted by molar-refractivity contribution is -0.136. The number of halogens is 2. The topological polar surface area (TPSA) is 61.4 Å². The predicted octanol–water partition coefficient (Wildman–Crippen LogP) is 4.46. The van der Waals surface area contributed by atoms with E-state index in [4.69, 9.17) is 9.15 Å². The van der Waals surface area contributed by atoms with E-state index in [0.717, 1.165) is 40.9 Å². The molecule has 0 bridgehead atoms. The molecule has 3 aromatic rings. The summed E-state index contributed by atoms with van der Waals surface area (Å²) in [5.41, 5.74) is 2.71. The summed E-state index contributed by atoms with van der Waals surface area (Å²) in [4.78, 5) is 23.9. The highest BCUT2D eigenvalue weighted by molar-refractivity contribution is 5.98. The number of esters is 1. The summed E-state index contributed by atoms with van der Waals surface area (Å²) < 4.78 is 38.4. The maximum atomic E-state index is 13.2. The van der Waals surface area contributed by atoms with Crippen molar-refractivity contribution >= 4 is 17.8 Å². The van der Waals surface area contributed by atoms with Crippen LogP contribution in [0.1, 0.15) is 33.1 Å². The van der Waals surface area contributed by atoms with Crippen molar-refractivity contribution in [3.8, 4) is 0 Å². The van der Waals surface area contributed by atoms with E-state index >= 15 is 0 Å². The van der Waals surface area contributed by atoms with Crippen LogP contribution in [0.15, 0.2) is 53.2 Å². The Balaban J connectivity index is 1.60. The first-order valence-corrected chi connectivity index (χ1v) is 8.87. The van der Waals surface area contributed by atoms with Crippen LogP contribution in [0, 0.1) is 25.5 Å². The second kappa shape index (κ2) is 8.68. The van der Waals surface area contributed by atoms with Gasteiger partial charge in [-0.05, 0) is 61.9 Å². The average Bonchev–Trinajstić information content (AvgIpc) is 3.30. The fraction of sp³-hybridized carbons (Fsp3) is 0.182. The predicted molar refractivity (Wildman–Crippen MR) is 102 cm³/mol. The Bertz CT molecular complexity index is 1060. The zero-order valence-electron chi connectivity index (χ0n) is 15.9. The zero-order chi connectivity index (χ0) is 21.0. The SMILES string of the molecule is Cc1cc(/C=C/C(=O)OCC(=O)c2ccc(F)c(F)c2)c(C)n1Cc1ccco1. The first-order chi connectivity index (χ1) is 13.8. The molecule has 0 saturated carbocycles. The van der Waals surface area contributed by atoms with Gasteiger partial charge in [-0.3, -0.25) is 4.79 Å². The summed E-state index contributed by atoms with van der Waals surface area (Å²) in [6, 6.07) is 8.39. The molecule has 0 fully saturated rings. The molecule has 2 heterocycles. The molecule has 0 aliphatic heterocycles. The van der Waals surface area contributed by atoms with E-state index in [2.05, 4.69) is 4.57 Å². The first kappa shape index (κ1) is 20.3. The number of ether oxygens (including phenoxy) is 1. The highest BCUT2D eigenvalue weighted by atomic mass is 19.2. The Kier molecular flexibility index (Phi) is 6.07. The minimum absolute atomic E-state index is 0.0675. The number of carbonyl (C=O) groups excluding carboxylic acids is 2. The van der Waals surface area contributed by atoms with Crippen LogP contribution in [0.25, 0.3) is 6.08 Å². The molecule has 0 unspecified atom stereocenters. The number of Topliss-reactive ketones (excluding diaryl/α,β-unsaturated/α-hetero) is 1. The normalized spacial score (nSPS) is 11.2. The van der Waals surface area contributed by atoms with Crippen molar-refractivity contribution in [1.82, 2.24) is 4.57 Å². The molecular formula is C22H19F2NO4. The van der Waals surface area contributed by atoms with E-state index in [9.17, 15) is 18.4 Å². The molecule has 0 radical (unpaired) electrons. The maximum absolute atomic E-state index is 13.2. The molecular weight excluding hydrogens is 380 g/mol. The van der Waals surface area contributed by atoms with Crippen LogP contribution in [-0.4, -0.2) is 22.9 Å². The molecule has 0 N–H and O–H groups in total. The Morgan fingerprint density at radius 1 is 1.14 bits per heavy atom. The van der Waals surface area contributed by atoms with E-state index in [0.29, 0.717) is 6.54 Å².